The number of guanidine groups is 1. The van der Waals surface area contributed by atoms with Crippen LogP contribution in [0.1, 0.15) is 36.1 Å². The summed E-state index contributed by atoms with van der Waals surface area (Å²) in [4.78, 5) is 4.11. The number of benzene rings is 2. The summed E-state index contributed by atoms with van der Waals surface area (Å²) in [6, 6.07) is 17.4. The summed E-state index contributed by atoms with van der Waals surface area (Å²) < 4.78 is 12.0. The summed E-state index contributed by atoms with van der Waals surface area (Å²) in [7, 11) is 0. The molecule has 1 aliphatic heterocycles. The third-order valence-electron chi connectivity index (χ3n) is 4.82. The first kappa shape index (κ1) is 21.1. The van der Waals surface area contributed by atoms with Gasteiger partial charge in [0, 0.05) is 34.6 Å². The molecule has 3 aromatic rings. The van der Waals surface area contributed by atoms with Gasteiger partial charge in [0.1, 0.15) is 29.4 Å². The lowest BCUT2D eigenvalue weighted by Crippen LogP contribution is -2.27. The fourth-order valence-corrected chi connectivity index (χ4v) is 3.30. The third-order valence-corrected chi connectivity index (χ3v) is 4.82. The van der Waals surface area contributed by atoms with Gasteiger partial charge in [0.15, 0.2) is 0 Å². The quantitative estimate of drug-likeness (QED) is 0.353. The lowest BCUT2D eigenvalue weighted by molar-refractivity contribution is 0.159. The van der Waals surface area contributed by atoms with E-state index in [1.54, 1.807) is 12.4 Å². The van der Waals surface area contributed by atoms with Gasteiger partial charge in [-0.05, 0) is 56.3 Å². The molecule has 32 heavy (non-hydrogen) atoms. The smallest absolute Gasteiger partial charge is 0.211 e. The summed E-state index contributed by atoms with van der Waals surface area (Å²) in [6.45, 7) is 4.44. The highest BCUT2D eigenvalue weighted by Gasteiger charge is 2.22. The average molecular weight is 428 g/mol. The molecule has 7 heteroatoms. The number of nitrogens with two attached hydrogens (primary N) is 2. The molecule has 0 radical (unpaired) electrons. The zero-order chi connectivity index (χ0) is 22.6. The van der Waals surface area contributed by atoms with Gasteiger partial charge in [0.05, 0.1) is 0 Å². The lowest BCUT2D eigenvalue weighted by Gasteiger charge is -2.28. The molecule has 162 valence electrons. The monoisotopic (exact) mass is 427 g/mol. The number of hydrogen-bond donors (Lipinski definition) is 2. The van der Waals surface area contributed by atoms with Crippen molar-refractivity contribution in [3.8, 4) is 11.5 Å². The Bertz CT molecular complexity index is 1200. The summed E-state index contributed by atoms with van der Waals surface area (Å²) in [5, 5.41) is 8.22. The fourth-order valence-electron chi connectivity index (χ4n) is 3.30. The van der Waals surface area contributed by atoms with Crippen molar-refractivity contribution in [2.24, 2.45) is 21.7 Å². The van der Waals surface area contributed by atoms with Crippen LogP contribution in [0.4, 0.5) is 0 Å². The van der Waals surface area contributed by atoms with Crippen LogP contribution >= 0.6 is 0 Å². The Labute approximate surface area is 187 Å². The van der Waals surface area contributed by atoms with Gasteiger partial charge in [0.2, 0.25) is 5.96 Å². The van der Waals surface area contributed by atoms with Crippen molar-refractivity contribution in [1.29, 1.82) is 0 Å². The van der Waals surface area contributed by atoms with E-state index in [0.29, 0.717) is 18.1 Å². The largest absolute Gasteiger partial charge is 0.489 e. The van der Waals surface area contributed by atoms with Crippen LogP contribution in [-0.2, 0) is 6.61 Å². The molecule has 0 fully saturated rings. The van der Waals surface area contributed by atoms with Gasteiger partial charge in [-0.3, -0.25) is 4.98 Å². The lowest BCUT2D eigenvalue weighted by atomic mass is 9.97. The number of pyridine rings is 1. The SMILES string of the molecule is CC1(C)C=Cc2cc(/C(=N\N=C(N)N)c3cccc(OCc4cccnc4)c3)ccc2O1. The van der Waals surface area contributed by atoms with Gasteiger partial charge in [0.25, 0.3) is 0 Å². The minimum atomic E-state index is -0.344. The molecule has 0 spiro atoms. The molecule has 1 aliphatic rings. The number of fused-ring (bicyclic) bond motifs is 1. The van der Waals surface area contributed by atoms with Crippen molar-refractivity contribution in [3.63, 3.8) is 0 Å². The topological polar surface area (TPSA) is 108 Å². The second-order valence-electron chi connectivity index (χ2n) is 7.94. The van der Waals surface area contributed by atoms with Crippen LogP contribution in [0.25, 0.3) is 6.08 Å². The van der Waals surface area contributed by atoms with Crippen LogP contribution in [0.5, 0.6) is 11.5 Å². The summed E-state index contributed by atoms with van der Waals surface area (Å²) in [5.74, 6) is 1.40. The molecule has 7 nitrogen and oxygen atoms in total. The van der Waals surface area contributed by atoms with E-state index in [9.17, 15) is 0 Å². The minimum Gasteiger partial charge on any atom is -0.489 e. The van der Waals surface area contributed by atoms with E-state index < -0.39 is 0 Å². The van der Waals surface area contributed by atoms with E-state index in [2.05, 4.69) is 15.2 Å². The zero-order valence-corrected chi connectivity index (χ0v) is 18.0. The molecule has 4 rings (SSSR count). The van der Waals surface area contributed by atoms with Gasteiger partial charge >= 0.3 is 0 Å². The molecule has 0 aliphatic carbocycles. The Morgan fingerprint density at radius 3 is 2.66 bits per heavy atom. The number of hydrogen-bond acceptors (Lipinski definition) is 5. The highest BCUT2D eigenvalue weighted by Crippen LogP contribution is 2.32. The van der Waals surface area contributed by atoms with E-state index in [-0.39, 0.29) is 11.6 Å². The summed E-state index contributed by atoms with van der Waals surface area (Å²) >= 11 is 0. The molecule has 0 saturated carbocycles. The van der Waals surface area contributed by atoms with Crippen LogP contribution in [0.3, 0.4) is 0 Å². The number of aromatic nitrogens is 1. The van der Waals surface area contributed by atoms with E-state index in [0.717, 1.165) is 28.0 Å². The zero-order valence-electron chi connectivity index (χ0n) is 18.0. The second-order valence-corrected chi connectivity index (χ2v) is 7.94. The van der Waals surface area contributed by atoms with Crippen LogP contribution in [0.15, 0.2) is 83.3 Å². The van der Waals surface area contributed by atoms with Crippen molar-refractivity contribution in [1.82, 2.24) is 4.98 Å². The highest BCUT2D eigenvalue weighted by atomic mass is 16.5. The first-order valence-corrected chi connectivity index (χ1v) is 10.2. The Kier molecular flexibility index (Phi) is 5.89. The molecule has 0 bridgehead atoms. The Morgan fingerprint density at radius 1 is 1.03 bits per heavy atom. The van der Waals surface area contributed by atoms with Gasteiger partial charge in [-0.25, -0.2) is 0 Å². The summed E-state index contributed by atoms with van der Waals surface area (Å²) in [5.41, 5.74) is 15.0. The average Bonchev–Trinajstić information content (AvgIpc) is 2.78. The Morgan fingerprint density at radius 2 is 1.88 bits per heavy atom. The van der Waals surface area contributed by atoms with Crippen molar-refractivity contribution >= 4 is 17.7 Å². The van der Waals surface area contributed by atoms with Crippen molar-refractivity contribution in [2.45, 2.75) is 26.1 Å². The highest BCUT2D eigenvalue weighted by molar-refractivity contribution is 6.13. The minimum absolute atomic E-state index is 0.116. The van der Waals surface area contributed by atoms with Gasteiger partial charge in [-0.2, -0.15) is 0 Å². The molecule has 0 unspecified atom stereocenters. The molecule has 1 aromatic heterocycles. The third kappa shape index (κ3) is 5.13. The maximum Gasteiger partial charge on any atom is 0.211 e. The van der Waals surface area contributed by atoms with Gasteiger partial charge < -0.3 is 20.9 Å². The predicted octanol–water partition coefficient (Wildman–Crippen LogP) is 3.87. The van der Waals surface area contributed by atoms with E-state index in [1.165, 1.54) is 0 Å². The van der Waals surface area contributed by atoms with E-state index in [4.69, 9.17) is 20.9 Å². The van der Waals surface area contributed by atoms with Crippen molar-refractivity contribution in [2.75, 3.05) is 0 Å². The molecule has 0 amide bonds. The van der Waals surface area contributed by atoms with Crippen molar-refractivity contribution in [3.05, 3.63) is 95.3 Å². The molecular weight excluding hydrogens is 402 g/mol. The molecule has 0 saturated heterocycles. The van der Waals surface area contributed by atoms with Gasteiger partial charge in [-0.1, -0.05) is 24.3 Å². The Balaban J connectivity index is 1.66. The van der Waals surface area contributed by atoms with Crippen LogP contribution in [0, 0.1) is 0 Å². The standard InChI is InChI=1S/C25H25N5O2/c1-25(2)11-10-18-13-20(8-9-22(18)32-25)23(29-30-24(26)27)19-6-3-7-21(14-19)31-16-17-5-4-12-28-15-17/h3-15H,16H2,1-2H3,(H4,26,27,30)/b29-23-. The fraction of sp³-hybridized carbons (Fsp3) is 0.160. The molecule has 4 N–H and O–H groups in total. The number of ether oxygens (including phenoxy) is 2. The van der Waals surface area contributed by atoms with Gasteiger partial charge in [-0.15, -0.1) is 10.2 Å². The maximum atomic E-state index is 6.03. The normalized spacial score (nSPS) is 14.2. The first-order valence-electron chi connectivity index (χ1n) is 10.2. The van der Waals surface area contributed by atoms with Crippen molar-refractivity contribution < 1.29 is 9.47 Å². The second kappa shape index (κ2) is 8.93. The predicted molar refractivity (Wildman–Crippen MR) is 127 cm³/mol. The van der Waals surface area contributed by atoms with E-state index >= 15 is 0 Å². The molecular formula is C25H25N5O2. The molecule has 0 atom stereocenters. The molecule has 2 heterocycles. The van der Waals surface area contributed by atoms with Crippen LogP contribution in [0.2, 0.25) is 0 Å². The van der Waals surface area contributed by atoms with Crippen LogP contribution in [-0.4, -0.2) is 22.3 Å². The number of rotatable bonds is 6. The maximum absolute atomic E-state index is 6.03. The molecule has 2 aromatic carbocycles. The first-order chi connectivity index (χ1) is 15.4. The summed E-state index contributed by atoms with van der Waals surface area (Å²) in [6.07, 6.45) is 7.59. The number of nitrogens with zero attached hydrogens (tertiary/aromatic N) is 3. The van der Waals surface area contributed by atoms with Crippen LogP contribution < -0.4 is 20.9 Å². The van der Waals surface area contributed by atoms with E-state index in [1.807, 2.05) is 80.6 Å². The Hall–Kier alpha value is -4.13.